The van der Waals surface area contributed by atoms with Crippen LogP contribution >= 0.6 is 0 Å². The Kier molecular flexibility index (Phi) is 9.21. The number of benzene rings is 3. The summed E-state index contributed by atoms with van der Waals surface area (Å²) in [6, 6.07) is 30.9. The zero-order valence-electron chi connectivity index (χ0n) is 17.9. The minimum atomic E-state index is -0.0651. The summed E-state index contributed by atoms with van der Waals surface area (Å²) in [4.78, 5) is 0. The van der Waals surface area contributed by atoms with Crippen LogP contribution in [0.4, 0.5) is 0 Å². The van der Waals surface area contributed by atoms with Gasteiger partial charge in [0.25, 0.3) is 0 Å². The second-order valence-electron chi connectivity index (χ2n) is 7.61. The highest BCUT2D eigenvalue weighted by Gasteiger charge is 2.37. The Bertz CT molecular complexity index is 862. The molecule has 3 atom stereocenters. The Labute approximate surface area is 184 Å². The van der Waals surface area contributed by atoms with Crippen LogP contribution in [0.15, 0.2) is 91.0 Å². The smallest absolute Gasteiger partial charge is 0.103 e. The van der Waals surface area contributed by atoms with Crippen LogP contribution in [-0.2, 0) is 34.0 Å². The molecule has 0 aromatic heterocycles. The lowest BCUT2D eigenvalue weighted by atomic mass is 10.1. The molecular formula is C26H32N2O3. The van der Waals surface area contributed by atoms with Crippen molar-refractivity contribution in [3.8, 4) is 0 Å². The molecule has 1 saturated heterocycles. The van der Waals surface area contributed by atoms with Gasteiger partial charge in [0.1, 0.15) is 6.10 Å². The minimum absolute atomic E-state index is 0. The minimum Gasteiger partial charge on any atom is -0.375 e. The Hall–Kier alpha value is -2.54. The first kappa shape index (κ1) is 23.1. The van der Waals surface area contributed by atoms with E-state index in [1.54, 1.807) is 0 Å². The topological polar surface area (TPSA) is 74.7 Å². The quantitative estimate of drug-likeness (QED) is 0.505. The molecule has 5 nitrogen and oxygen atoms in total. The van der Waals surface area contributed by atoms with Gasteiger partial charge in [-0.1, -0.05) is 91.0 Å². The van der Waals surface area contributed by atoms with E-state index in [1.165, 1.54) is 11.1 Å². The molecule has 0 amide bonds. The molecular weight excluding hydrogens is 388 g/mol. The van der Waals surface area contributed by atoms with Gasteiger partial charge in [0, 0.05) is 6.54 Å². The lowest BCUT2D eigenvalue weighted by Crippen LogP contribution is -2.39. The fraction of sp³-hybridized carbons (Fsp3) is 0.308. The zero-order valence-corrected chi connectivity index (χ0v) is 17.9. The van der Waals surface area contributed by atoms with Gasteiger partial charge < -0.3 is 25.7 Å². The molecule has 1 aliphatic rings. The molecule has 3 aromatic carbocycles. The summed E-state index contributed by atoms with van der Waals surface area (Å²) in [6.07, 6.45) is -0.0797. The average molecular weight is 421 g/mol. The van der Waals surface area contributed by atoms with E-state index in [0.717, 1.165) is 12.1 Å². The Morgan fingerprint density at radius 1 is 0.645 bits per heavy atom. The highest BCUT2D eigenvalue weighted by molar-refractivity contribution is 5.15. The Morgan fingerprint density at radius 3 is 1.68 bits per heavy atom. The molecule has 0 aliphatic carbocycles. The van der Waals surface area contributed by atoms with Gasteiger partial charge in [0.05, 0.1) is 38.6 Å². The molecule has 1 aliphatic heterocycles. The summed E-state index contributed by atoms with van der Waals surface area (Å²) >= 11 is 0. The molecule has 5 heteroatoms. The third kappa shape index (κ3) is 6.99. The van der Waals surface area contributed by atoms with Crippen molar-refractivity contribution >= 4 is 0 Å². The molecule has 0 bridgehead atoms. The second kappa shape index (κ2) is 12.3. The van der Waals surface area contributed by atoms with Crippen molar-refractivity contribution in [1.29, 1.82) is 0 Å². The fourth-order valence-corrected chi connectivity index (χ4v) is 3.71. The van der Waals surface area contributed by atoms with E-state index in [2.05, 4.69) is 41.7 Å². The number of ether oxygens (including phenoxy) is 3. The van der Waals surface area contributed by atoms with Crippen molar-refractivity contribution in [2.45, 2.75) is 38.1 Å². The molecule has 0 saturated carbocycles. The molecule has 3 aromatic rings. The predicted molar refractivity (Wildman–Crippen MR) is 123 cm³/mol. The predicted octanol–water partition coefficient (Wildman–Crippen LogP) is 4.51. The van der Waals surface area contributed by atoms with Crippen LogP contribution in [0.5, 0.6) is 0 Å². The molecule has 31 heavy (non-hydrogen) atoms. The van der Waals surface area contributed by atoms with Crippen LogP contribution in [0.1, 0.15) is 16.7 Å². The van der Waals surface area contributed by atoms with Crippen molar-refractivity contribution in [2.75, 3.05) is 13.2 Å². The zero-order chi connectivity index (χ0) is 20.4. The molecule has 0 radical (unpaired) electrons. The molecule has 1 heterocycles. The summed E-state index contributed by atoms with van der Waals surface area (Å²) in [6.45, 7) is 3.08. The van der Waals surface area contributed by atoms with E-state index in [4.69, 9.17) is 14.2 Å². The van der Waals surface area contributed by atoms with Gasteiger partial charge >= 0.3 is 0 Å². The first-order valence-electron chi connectivity index (χ1n) is 10.5. The van der Waals surface area contributed by atoms with Crippen molar-refractivity contribution < 1.29 is 14.2 Å². The molecule has 164 valence electrons. The van der Waals surface area contributed by atoms with Gasteiger partial charge in [-0.15, -0.1) is 0 Å². The van der Waals surface area contributed by atoms with Crippen molar-refractivity contribution in [3.63, 3.8) is 0 Å². The average Bonchev–Trinajstić information content (AvgIpc) is 3.20. The maximum atomic E-state index is 6.34. The van der Waals surface area contributed by atoms with E-state index in [1.807, 2.05) is 54.6 Å². The summed E-state index contributed by atoms with van der Waals surface area (Å²) in [5.41, 5.74) is 3.51. The molecule has 4 N–H and O–H groups in total. The van der Waals surface area contributed by atoms with Crippen LogP contribution in [0.3, 0.4) is 0 Å². The highest BCUT2D eigenvalue weighted by Crippen LogP contribution is 2.20. The van der Waals surface area contributed by atoms with Gasteiger partial charge in [-0.05, 0) is 16.7 Å². The first-order valence-corrected chi connectivity index (χ1v) is 10.5. The maximum Gasteiger partial charge on any atom is 0.103 e. The molecule has 4 rings (SSSR count). The third-order valence-corrected chi connectivity index (χ3v) is 5.35. The third-order valence-electron chi connectivity index (χ3n) is 5.35. The number of nitrogens with one attached hydrogen (secondary N) is 1. The van der Waals surface area contributed by atoms with Gasteiger partial charge in [-0.25, -0.2) is 0 Å². The normalized spacial score (nSPS) is 20.3. The Morgan fingerprint density at radius 2 is 1.13 bits per heavy atom. The summed E-state index contributed by atoms with van der Waals surface area (Å²) in [7, 11) is 0. The van der Waals surface area contributed by atoms with Crippen molar-refractivity contribution in [2.24, 2.45) is 0 Å². The van der Waals surface area contributed by atoms with Crippen molar-refractivity contribution in [1.82, 2.24) is 11.5 Å². The van der Waals surface area contributed by atoms with Gasteiger partial charge in [0.15, 0.2) is 0 Å². The maximum absolute atomic E-state index is 6.34. The summed E-state index contributed by atoms with van der Waals surface area (Å²) < 4.78 is 18.6. The van der Waals surface area contributed by atoms with Crippen LogP contribution in [0.2, 0.25) is 0 Å². The molecule has 1 fully saturated rings. The number of hydrogen-bond donors (Lipinski definition) is 2. The van der Waals surface area contributed by atoms with E-state index < -0.39 is 0 Å². The highest BCUT2D eigenvalue weighted by atomic mass is 16.5. The summed E-state index contributed by atoms with van der Waals surface area (Å²) in [5.74, 6) is 0. The van der Waals surface area contributed by atoms with Gasteiger partial charge in [-0.2, -0.15) is 0 Å². The SMILES string of the molecule is N.c1ccc(COC[C@H]2NC[C@@H](OCc3ccccc3)[C@@H]2OCc2ccccc2)cc1. The van der Waals surface area contributed by atoms with Crippen molar-refractivity contribution in [3.05, 3.63) is 108 Å². The lowest BCUT2D eigenvalue weighted by molar-refractivity contribution is -0.0786. The fourth-order valence-electron chi connectivity index (χ4n) is 3.71. The van der Waals surface area contributed by atoms with Gasteiger partial charge in [0.2, 0.25) is 0 Å². The second-order valence-corrected chi connectivity index (χ2v) is 7.61. The number of rotatable bonds is 10. The first-order chi connectivity index (χ1) is 14.9. The lowest BCUT2D eigenvalue weighted by Gasteiger charge is -2.25. The van der Waals surface area contributed by atoms with E-state index in [9.17, 15) is 0 Å². The monoisotopic (exact) mass is 420 g/mol. The van der Waals surface area contributed by atoms with Crippen LogP contribution in [0.25, 0.3) is 0 Å². The molecule has 0 unspecified atom stereocenters. The molecule has 0 spiro atoms. The van der Waals surface area contributed by atoms with Crippen LogP contribution in [-0.4, -0.2) is 31.4 Å². The Balaban J connectivity index is 0.00000272. The van der Waals surface area contributed by atoms with Crippen LogP contribution < -0.4 is 11.5 Å². The van der Waals surface area contributed by atoms with E-state index >= 15 is 0 Å². The van der Waals surface area contributed by atoms with E-state index in [-0.39, 0.29) is 24.4 Å². The summed E-state index contributed by atoms with van der Waals surface area (Å²) in [5, 5.41) is 3.54. The van der Waals surface area contributed by atoms with Crippen LogP contribution in [0, 0.1) is 0 Å². The standard InChI is InChI=1S/C26H29NO3.H3N/c1-4-10-21(11-5-1)17-28-20-24-26(30-19-23-14-8-3-9-15-23)25(16-27-24)29-18-22-12-6-2-7-13-22;/h1-15,24-27H,16-20H2;1H3/t24-,25-,26-;/m1./s1. The number of hydrogen-bond acceptors (Lipinski definition) is 5. The largest absolute Gasteiger partial charge is 0.375 e. The van der Waals surface area contributed by atoms with Gasteiger partial charge in [-0.3, -0.25) is 0 Å². The van der Waals surface area contributed by atoms with E-state index in [0.29, 0.717) is 26.4 Å².